The fraction of sp³-hybridized carbons (Fsp3) is 0.943. The molecule has 0 radical (unpaired) electrons. The molecule has 5 saturated carbocycles. The smallest absolute Gasteiger partial charge is 0.410 e. The monoisotopic (exact) mass is 603 g/mol. The van der Waals surface area contributed by atoms with Crippen LogP contribution in [0, 0.1) is 50.7 Å². The van der Waals surface area contributed by atoms with Gasteiger partial charge in [-0.2, -0.15) is 0 Å². The average Bonchev–Trinajstić information content (AvgIpc) is 3.59. The summed E-state index contributed by atoms with van der Waals surface area (Å²) < 4.78 is 17.5. The summed E-state index contributed by atoms with van der Waals surface area (Å²) in [6.45, 7) is 14.3. The number of hydrogen-bond donors (Lipinski definition) is 2. The first-order valence-corrected chi connectivity index (χ1v) is 17.2. The molecule has 2 N–H and O–H groups in total. The third-order valence-corrected chi connectivity index (χ3v) is 15.0. The number of aliphatic carboxylic acids is 1. The van der Waals surface area contributed by atoms with Crippen molar-refractivity contribution in [2.24, 2.45) is 50.7 Å². The number of aliphatic hydroxyl groups excluding tert-OH is 1. The van der Waals surface area contributed by atoms with Gasteiger partial charge in [0.05, 0.1) is 25.4 Å². The highest BCUT2D eigenvalue weighted by Gasteiger charge is 2.83. The van der Waals surface area contributed by atoms with E-state index in [4.69, 9.17) is 14.2 Å². The molecule has 0 aromatic heterocycles. The number of carboxylic acid groups (broad SMARTS) is 1. The van der Waals surface area contributed by atoms with Gasteiger partial charge in [-0.25, -0.2) is 4.79 Å². The van der Waals surface area contributed by atoms with E-state index in [-0.39, 0.29) is 52.5 Å². The molecule has 1 saturated heterocycles. The van der Waals surface area contributed by atoms with E-state index in [1.807, 2.05) is 4.90 Å². The molecule has 1 aliphatic heterocycles. The summed E-state index contributed by atoms with van der Waals surface area (Å²) in [5.74, 6) is 1.02. The van der Waals surface area contributed by atoms with Crippen LogP contribution in [0.1, 0.15) is 105 Å². The molecule has 11 atom stereocenters. The summed E-state index contributed by atoms with van der Waals surface area (Å²) >= 11 is 0. The van der Waals surface area contributed by atoms with Crippen LogP contribution in [-0.4, -0.2) is 78.9 Å². The van der Waals surface area contributed by atoms with Crippen LogP contribution in [0.5, 0.6) is 0 Å². The van der Waals surface area contributed by atoms with Gasteiger partial charge >= 0.3 is 12.1 Å². The number of nitrogens with zero attached hydrogens (tertiary/aromatic N) is 1. The predicted molar refractivity (Wildman–Crippen MR) is 162 cm³/mol. The summed E-state index contributed by atoms with van der Waals surface area (Å²) in [5, 5.41) is 21.2. The van der Waals surface area contributed by atoms with Crippen molar-refractivity contribution in [3.05, 3.63) is 0 Å². The number of morpholine rings is 1. The van der Waals surface area contributed by atoms with Crippen LogP contribution in [0.4, 0.5) is 4.79 Å². The molecule has 4 unspecified atom stereocenters. The molecular weight excluding hydrogens is 546 g/mol. The fourth-order valence-electron chi connectivity index (χ4n) is 12.6. The van der Waals surface area contributed by atoms with Crippen LogP contribution >= 0.6 is 0 Å². The van der Waals surface area contributed by atoms with Gasteiger partial charge in [-0.3, -0.25) is 4.79 Å². The standard InChI is InChI=1S/C35H57NO7/c1-22(19-23(41-6)7-10-29(38)39)24-20-27(37)33(5)26-9-8-25-31(2,3)28(43-30(40)36-15-17-42-18-16-36)11-12-34(25)21-35(26,34)14-13-32(24,33)4/h22-28,37H,7-21H2,1-6H3,(H,38,39)/t22-,23?,24?,25+,26+,27+,28+,32-,33?,34-,35?/m1/s1. The van der Waals surface area contributed by atoms with Gasteiger partial charge in [0.25, 0.3) is 0 Å². The summed E-state index contributed by atoms with van der Waals surface area (Å²) in [5.41, 5.74) is 0.423. The van der Waals surface area contributed by atoms with Crippen molar-refractivity contribution in [2.45, 2.75) is 124 Å². The number of hydrogen-bond acceptors (Lipinski definition) is 6. The molecule has 8 heteroatoms. The van der Waals surface area contributed by atoms with E-state index in [9.17, 15) is 19.8 Å². The lowest BCUT2D eigenvalue weighted by Gasteiger charge is -2.64. The first kappa shape index (κ1) is 31.6. The van der Waals surface area contributed by atoms with E-state index < -0.39 is 5.97 Å². The van der Waals surface area contributed by atoms with E-state index >= 15 is 0 Å². The molecule has 5 aliphatic carbocycles. The molecule has 8 nitrogen and oxygen atoms in total. The first-order valence-electron chi connectivity index (χ1n) is 17.2. The highest BCUT2D eigenvalue weighted by Crippen LogP contribution is 2.89. The Kier molecular flexibility index (Phi) is 7.98. The van der Waals surface area contributed by atoms with Crippen LogP contribution in [0.2, 0.25) is 0 Å². The second-order valence-electron chi connectivity index (χ2n) is 16.6. The second-order valence-corrected chi connectivity index (χ2v) is 16.6. The van der Waals surface area contributed by atoms with Gasteiger partial charge < -0.3 is 29.3 Å². The number of fused-ring (bicyclic) bond motifs is 2. The lowest BCUT2D eigenvalue weighted by molar-refractivity contribution is -0.183. The molecule has 0 bridgehead atoms. The molecule has 0 aromatic rings. The van der Waals surface area contributed by atoms with Gasteiger partial charge in [-0.15, -0.1) is 0 Å². The molecule has 6 aliphatic rings. The van der Waals surface area contributed by atoms with Gasteiger partial charge in [-0.1, -0.05) is 34.6 Å². The van der Waals surface area contributed by atoms with Crippen molar-refractivity contribution < 1.29 is 34.0 Å². The normalized spacial score (nSPS) is 46.0. The number of amides is 1. The van der Waals surface area contributed by atoms with Crippen molar-refractivity contribution in [2.75, 3.05) is 33.4 Å². The second kappa shape index (κ2) is 10.9. The number of ether oxygens (including phenoxy) is 3. The summed E-state index contributed by atoms with van der Waals surface area (Å²) in [4.78, 5) is 26.1. The predicted octanol–water partition coefficient (Wildman–Crippen LogP) is 6.14. The van der Waals surface area contributed by atoms with Crippen molar-refractivity contribution in [3.63, 3.8) is 0 Å². The molecule has 6 rings (SSSR count). The molecule has 43 heavy (non-hydrogen) atoms. The Bertz CT molecular complexity index is 1090. The van der Waals surface area contributed by atoms with Crippen molar-refractivity contribution in [3.8, 4) is 0 Å². The molecule has 2 spiro atoms. The number of carboxylic acids is 1. The van der Waals surface area contributed by atoms with E-state index in [1.165, 1.54) is 12.8 Å². The third-order valence-electron chi connectivity index (χ3n) is 15.0. The third kappa shape index (κ3) is 4.53. The zero-order valence-corrected chi connectivity index (χ0v) is 27.5. The maximum atomic E-state index is 13.1. The summed E-state index contributed by atoms with van der Waals surface area (Å²) in [6, 6.07) is 0. The first-order chi connectivity index (χ1) is 20.3. The van der Waals surface area contributed by atoms with Gasteiger partial charge in [0.1, 0.15) is 6.10 Å². The van der Waals surface area contributed by atoms with Crippen molar-refractivity contribution in [1.82, 2.24) is 4.90 Å². The number of carbonyl (C=O) groups is 2. The van der Waals surface area contributed by atoms with Gasteiger partial charge in [0.15, 0.2) is 0 Å². The number of methoxy groups -OCH3 is 1. The largest absolute Gasteiger partial charge is 0.481 e. The Morgan fingerprint density at radius 2 is 1.67 bits per heavy atom. The number of rotatable bonds is 8. The van der Waals surface area contributed by atoms with Crippen molar-refractivity contribution in [1.29, 1.82) is 0 Å². The Morgan fingerprint density at radius 3 is 2.35 bits per heavy atom. The highest BCUT2D eigenvalue weighted by molar-refractivity contribution is 5.68. The summed E-state index contributed by atoms with van der Waals surface area (Å²) in [6.07, 6.45) is 9.70. The Balaban J connectivity index is 1.19. The minimum Gasteiger partial charge on any atom is -0.481 e. The molecule has 6 fully saturated rings. The molecule has 244 valence electrons. The van der Waals surface area contributed by atoms with E-state index in [1.54, 1.807) is 7.11 Å². The lowest BCUT2D eigenvalue weighted by Crippen LogP contribution is -2.60. The van der Waals surface area contributed by atoms with Crippen molar-refractivity contribution >= 4 is 12.1 Å². The van der Waals surface area contributed by atoms with E-state index in [0.717, 1.165) is 44.9 Å². The maximum absolute atomic E-state index is 13.1. The minimum atomic E-state index is -0.774. The van der Waals surface area contributed by atoms with Crippen LogP contribution < -0.4 is 0 Å². The fourth-order valence-corrected chi connectivity index (χ4v) is 12.6. The molecule has 1 amide bonds. The van der Waals surface area contributed by atoms with Crippen LogP contribution in [0.25, 0.3) is 0 Å². The van der Waals surface area contributed by atoms with E-state index in [2.05, 4.69) is 34.6 Å². The molecule has 1 heterocycles. The topological polar surface area (TPSA) is 106 Å². The molecule has 0 aromatic carbocycles. The lowest BCUT2D eigenvalue weighted by atomic mass is 9.41. The van der Waals surface area contributed by atoms with E-state index in [0.29, 0.717) is 61.8 Å². The van der Waals surface area contributed by atoms with Gasteiger partial charge in [-0.05, 0) is 104 Å². The maximum Gasteiger partial charge on any atom is 0.410 e. The number of carbonyl (C=O) groups excluding carboxylic acids is 1. The van der Waals surface area contributed by atoms with Crippen LogP contribution in [0.3, 0.4) is 0 Å². The number of aliphatic hydroxyl groups is 1. The minimum absolute atomic E-state index is 0.0455. The quantitative estimate of drug-likeness (QED) is 0.343. The average molecular weight is 604 g/mol. The Labute approximate surface area is 258 Å². The zero-order chi connectivity index (χ0) is 31.0. The zero-order valence-electron chi connectivity index (χ0n) is 27.5. The molecular formula is C35H57NO7. The highest BCUT2D eigenvalue weighted by atomic mass is 16.6. The summed E-state index contributed by atoms with van der Waals surface area (Å²) in [7, 11) is 1.70. The SMILES string of the molecule is COC(CCC(=O)O)C[C@@H](C)C1C[C@H](O)C2(C)[C@@H]3CC[C@H]4C(C)(C)[C@@H](OC(=O)N5CCOCC5)CC[C@@]45CC35CC[C@]12C. The van der Waals surface area contributed by atoms with Crippen LogP contribution in [0.15, 0.2) is 0 Å². The van der Waals surface area contributed by atoms with Gasteiger partial charge in [0.2, 0.25) is 0 Å². The Hall–Kier alpha value is -1.38. The Morgan fingerprint density at radius 1 is 1.00 bits per heavy atom. The van der Waals surface area contributed by atoms with Gasteiger partial charge in [0, 0.05) is 37.5 Å². The van der Waals surface area contributed by atoms with Crippen LogP contribution in [-0.2, 0) is 19.0 Å².